The summed E-state index contributed by atoms with van der Waals surface area (Å²) in [6, 6.07) is 14.5. The Hall–Kier alpha value is -4.80. The fourth-order valence-electron chi connectivity index (χ4n) is 6.47. The first kappa shape index (κ1) is 41.6. The van der Waals surface area contributed by atoms with Crippen LogP contribution in [0.25, 0.3) is 0 Å². The predicted molar refractivity (Wildman–Crippen MR) is 207 cm³/mol. The van der Waals surface area contributed by atoms with Crippen molar-refractivity contribution in [3.05, 3.63) is 104 Å². The monoisotopic (exact) mass is 754 g/mol. The van der Waals surface area contributed by atoms with E-state index >= 15 is 0 Å². The molecule has 0 fully saturated rings. The average Bonchev–Trinajstić information content (AvgIpc) is 2.99. The van der Waals surface area contributed by atoms with Crippen LogP contribution in [0.1, 0.15) is 97.2 Å². The van der Waals surface area contributed by atoms with E-state index in [-0.39, 0.29) is 72.8 Å². The lowest BCUT2D eigenvalue weighted by Crippen LogP contribution is -2.17. The number of nitrogen functional groups attached to an aromatic ring is 2. The lowest BCUT2D eigenvalue weighted by atomic mass is 9.81. The van der Waals surface area contributed by atoms with Crippen LogP contribution in [0.2, 0.25) is 0 Å². The molecule has 4 aromatic rings. The van der Waals surface area contributed by atoms with Gasteiger partial charge in [-0.05, 0) is 68.5 Å². The molecular formula is C40H48Cl2N2O8. The smallest absolute Gasteiger partial charge is 0.341 e. The Labute approximate surface area is 316 Å². The van der Waals surface area contributed by atoms with Gasteiger partial charge in [-0.1, -0.05) is 65.8 Å². The fourth-order valence-corrected chi connectivity index (χ4v) is 6.47. The van der Waals surface area contributed by atoms with Crippen molar-refractivity contribution >= 4 is 48.1 Å². The molecule has 0 saturated heterocycles. The second-order valence-electron chi connectivity index (χ2n) is 15.2. The third-order valence-corrected chi connectivity index (χ3v) is 9.00. The van der Waals surface area contributed by atoms with E-state index in [1.54, 1.807) is 24.3 Å². The Morgan fingerprint density at radius 3 is 1.00 bits per heavy atom. The molecule has 0 aromatic heterocycles. The Morgan fingerprint density at radius 1 is 0.538 bits per heavy atom. The van der Waals surface area contributed by atoms with Crippen LogP contribution >= 0.6 is 24.8 Å². The van der Waals surface area contributed by atoms with Gasteiger partial charge in [-0.25, -0.2) is 9.59 Å². The quantitative estimate of drug-likeness (QED) is 0.0759. The molecule has 10 nitrogen and oxygen atoms in total. The van der Waals surface area contributed by atoms with Gasteiger partial charge in [0, 0.05) is 59.3 Å². The Balaban J connectivity index is 0.00000364. The summed E-state index contributed by atoms with van der Waals surface area (Å²) in [4.78, 5) is 23.5. The Kier molecular flexibility index (Phi) is 12.7. The van der Waals surface area contributed by atoms with Gasteiger partial charge in [-0.2, -0.15) is 0 Å². The first-order valence-corrected chi connectivity index (χ1v) is 16.5. The summed E-state index contributed by atoms with van der Waals surface area (Å²) in [5.41, 5.74) is 19.5. The molecule has 0 atom stereocenters. The van der Waals surface area contributed by atoms with Crippen LogP contribution < -0.4 is 20.9 Å². The minimum absolute atomic E-state index is 0. The Morgan fingerprint density at radius 2 is 0.788 bits per heavy atom. The molecule has 8 N–H and O–H groups in total. The van der Waals surface area contributed by atoms with Crippen LogP contribution in [0.5, 0.6) is 23.0 Å². The highest BCUT2D eigenvalue weighted by Crippen LogP contribution is 2.42. The van der Waals surface area contributed by atoms with Crippen LogP contribution in [0.3, 0.4) is 0 Å². The normalized spacial score (nSPS) is 12.6. The number of phenolic OH excluding ortho intramolecular Hbond substituents is 2. The van der Waals surface area contributed by atoms with Gasteiger partial charge in [0.2, 0.25) is 0 Å². The van der Waals surface area contributed by atoms with Gasteiger partial charge in [0.15, 0.2) is 13.2 Å². The van der Waals surface area contributed by atoms with E-state index in [9.17, 15) is 30.0 Å². The molecule has 0 aliphatic heterocycles. The van der Waals surface area contributed by atoms with Crippen molar-refractivity contribution in [3.8, 4) is 23.0 Å². The number of carboxylic acid groups (broad SMARTS) is 2. The van der Waals surface area contributed by atoms with E-state index in [2.05, 4.69) is 41.5 Å². The van der Waals surface area contributed by atoms with Gasteiger partial charge < -0.3 is 41.4 Å². The first-order chi connectivity index (χ1) is 23.3. The van der Waals surface area contributed by atoms with E-state index < -0.39 is 25.2 Å². The number of fused-ring (bicyclic) bond motifs is 8. The standard InChI is InChI=1S/C40H46N2O8.2ClH/c1-39(2,3)29-11-25-7-21-15-31(41)17-23(35(21)47)9-27-13-30(40(4,5)6)14-28(38(27)50-20-34(45)46)10-24-18-32(42)16-22(36(24)48)8-26(12-29)37(25)49-19-33(43)44;;/h11-18,47-48H,7-10,19-20,41-42H2,1-6H3,(H,43,44)(H,45,46);2*1H. The summed E-state index contributed by atoms with van der Waals surface area (Å²) in [5.74, 6) is -1.62. The summed E-state index contributed by atoms with van der Waals surface area (Å²) in [5, 5.41) is 42.8. The van der Waals surface area contributed by atoms with Crippen molar-refractivity contribution < 1.29 is 39.5 Å². The summed E-state index contributed by atoms with van der Waals surface area (Å²) in [7, 11) is 0. The average molecular weight is 756 g/mol. The highest BCUT2D eigenvalue weighted by Gasteiger charge is 2.26. The van der Waals surface area contributed by atoms with Crippen LogP contribution in [-0.2, 0) is 46.1 Å². The number of carbonyl (C=O) groups is 2. The number of aliphatic carboxylic acids is 2. The number of ether oxygens (including phenoxy) is 2. The largest absolute Gasteiger partial charge is 0.507 e. The number of benzene rings is 4. The van der Waals surface area contributed by atoms with E-state index in [0.717, 1.165) is 11.1 Å². The molecule has 0 spiro atoms. The number of phenols is 2. The maximum atomic E-state index is 11.8. The number of hydrogen-bond acceptors (Lipinski definition) is 8. The van der Waals surface area contributed by atoms with Gasteiger partial charge in [0.05, 0.1) is 0 Å². The van der Waals surface area contributed by atoms with Crippen LogP contribution in [0.4, 0.5) is 11.4 Å². The lowest BCUT2D eigenvalue weighted by molar-refractivity contribution is -0.140. The molecule has 5 rings (SSSR count). The van der Waals surface area contributed by atoms with Gasteiger partial charge in [0.25, 0.3) is 0 Å². The molecule has 280 valence electrons. The number of anilines is 2. The molecule has 0 heterocycles. The molecule has 52 heavy (non-hydrogen) atoms. The van der Waals surface area contributed by atoms with Crippen molar-refractivity contribution in [3.63, 3.8) is 0 Å². The second kappa shape index (κ2) is 15.8. The van der Waals surface area contributed by atoms with Crippen molar-refractivity contribution in [1.82, 2.24) is 0 Å². The highest BCUT2D eigenvalue weighted by atomic mass is 35.5. The molecule has 8 bridgehead atoms. The topological polar surface area (TPSA) is 186 Å². The number of hydrogen-bond donors (Lipinski definition) is 6. The minimum atomic E-state index is -1.15. The maximum absolute atomic E-state index is 11.8. The molecule has 12 heteroatoms. The van der Waals surface area contributed by atoms with E-state index in [1.807, 2.05) is 24.3 Å². The molecule has 0 unspecified atom stereocenters. The number of nitrogens with two attached hydrogens (primary N) is 2. The molecule has 1 aliphatic carbocycles. The summed E-state index contributed by atoms with van der Waals surface area (Å²) in [6.45, 7) is 11.2. The Bertz CT molecular complexity index is 1760. The van der Waals surface area contributed by atoms with Crippen molar-refractivity contribution in [2.45, 2.75) is 78.1 Å². The van der Waals surface area contributed by atoms with Crippen molar-refractivity contribution in [2.75, 3.05) is 24.7 Å². The first-order valence-electron chi connectivity index (χ1n) is 16.5. The molecule has 0 amide bonds. The van der Waals surface area contributed by atoms with Gasteiger partial charge in [0.1, 0.15) is 23.0 Å². The number of rotatable bonds is 6. The number of carboxylic acids is 2. The third kappa shape index (κ3) is 9.35. The highest BCUT2D eigenvalue weighted by molar-refractivity contribution is 5.85. The zero-order valence-corrected chi connectivity index (χ0v) is 31.9. The van der Waals surface area contributed by atoms with Crippen LogP contribution in [0, 0.1) is 0 Å². The van der Waals surface area contributed by atoms with Gasteiger partial charge in [-0.3, -0.25) is 0 Å². The fraction of sp³-hybridized carbons (Fsp3) is 0.350. The van der Waals surface area contributed by atoms with Crippen molar-refractivity contribution in [2.24, 2.45) is 0 Å². The molecular weight excluding hydrogens is 707 g/mol. The summed E-state index contributed by atoms with van der Waals surface area (Å²) >= 11 is 0. The van der Waals surface area contributed by atoms with E-state index in [0.29, 0.717) is 67.4 Å². The zero-order valence-electron chi connectivity index (χ0n) is 30.3. The molecule has 0 radical (unpaired) electrons. The summed E-state index contributed by atoms with van der Waals surface area (Å²) in [6.07, 6.45) is 0.609. The van der Waals surface area contributed by atoms with E-state index in [1.165, 1.54) is 0 Å². The second-order valence-corrected chi connectivity index (χ2v) is 15.2. The lowest BCUT2D eigenvalue weighted by Gasteiger charge is -2.26. The van der Waals surface area contributed by atoms with Gasteiger partial charge >= 0.3 is 11.9 Å². The minimum Gasteiger partial charge on any atom is -0.507 e. The molecule has 1 aliphatic rings. The number of aromatic hydroxyl groups is 2. The van der Waals surface area contributed by atoms with Crippen LogP contribution in [-0.4, -0.2) is 45.6 Å². The molecule has 0 saturated carbocycles. The summed E-state index contributed by atoms with van der Waals surface area (Å²) < 4.78 is 12.0. The maximum Gasteiger partial charge on any atom is 0.341 e. The SMILES string of the molecule is CC(C)(C)c1cc2c(OCC(=O)O)c(c1)Cc1cc(N)cc(c1O)Cc1cc(C(C)(C)C)cc(c1OCC(=O)O)Cc1cc(N)cc(c1O)C2.Cl.Cl. The van der Waals surface area contributed by atoms with E-state index in [4.69, 9.17) is 20.9 Å². The van der Waals surface area contributed by atoms with Crippen molar-refractivity contribution in [1.29, 1.82) is 0 Å². The predicted octanol–water partition coefficient (Wildman–Crippen LogP) is 7.30. The third-order valence-electron chi connectivity index (χ3n) is 9.00. The van der Waals surface area contributed by atoms with Crippen LogP contribution in [0.15, 0.2) is 48.5 Å². The molecule has 4 aromatic carbocycles. The zero-order chi connectivity index (χ0) is 36.7. The number of halogens is 2. The van der Waals surface area contributed by atoms with Gasteiger partial charge in [-0.15, -0.1) is 24.8 Å².